The van der Waals surface area contributed by atoms with Gasteiger partial charge in [0.05, 0.1) is 6.10 Å². The van der Waals surface area contributed by atoms with Crippen LogP contribution in [0.25, 0.3) is 0 Å². The molecule has 3 N–H and O–H groups in total. The van der Waals surface area contributed by atoms with Gasteiger partial charge in [0.2, 0.25) is 11.8 Å². The van der Waals surface area contributed by atoms with E-state index in [0.29, 0.717) is 12.0 Å². The smallest absolute Gasteiger partial charge is 0.223 e. The maximum atomic E-state index is 13.5. The minimum atomic E-state index is -0.681. The highest BCUT2D eigenvalue weighted by Crippen LogP contribution is 2.55. The van der Waals surface area contributed by atoms with Crippen LogP contribution in [0.3, 0.4) is 0 Å². The average molecular weight is 493 g/mol. The highest BCUT2D eigenvalue weighted by molar-refractivity contribution is 5.78. The van der Waals surface area contributed by atoms with Crippen molar-refractivity contribution >= 4 is 11.8 Å². The van der Waals surface area contributed by atoms with Crippen LogP contribution in [-0.4, -0.2) is 29.1 Å². The summed E-state index contributed by atoms with van der Waals surface area (Å²) in [5.41, 5.74) is 0.233. The lowest BCUT2D eigenvalue weighted by atomic mass is 9.51. The summed E-state index contributed by atoms with van der Waals surface area (Å²) in [5, 5.41) is 17.5. The van der Waals surface area contributed by atoms with Gasteiger partial charge >= 0.3 is 0 Å². The molecule has 2 fully saturated rings. The highest BCUT2D eigenvalue weighted by atomic mass is 19.1. The Labute approximate surface area is 208 Å². The van der Waals surface area contributed by atoms with E-state index in [1.165, 1.54) is 12.1 Å². The van der Waals surface area contributed by atoms with E-state index in [1.807, 2.05) is 27.7 Å². The van der Waals surface area contributed by atoms with Gasteiger partial charge < -0.3 is 15.7 Å². The van der Waals surface area contributed by atoms with Crippen molar-refractivity contribution in [2.45, 2.75) is 92.3 Å². The minimum absolute atomic E-state index is 0.00308. The Morgan fingerprint density at radius 3 is 2.34 bits per heavy atom. The van der Waals surface area contributed by atoms with Crippen LogP contribution >= 0.6 is 0 Å². The van der Waals surface area contributed by atoms with Gasteiger partial charge in [-0.05, 0) is 72.0 Å². The Kier molecular flexibility index (Phi) is 8.30. The summed E-state index contributed by atoms with van der Waals surface area (Å²) in [4.78, 5) is 25.5. The lowest BCUT2D eigenvalue weighted by Crippen LogP contribution is -2.58. The molecular weight excluding hydrogens is 450 g/mol. The molecule has 2 amide bonds. The molecular formula is C28H42F2N2O3. The molecule has 1 aromatic carbocycles. The number of hydrogen-bond acceptors (Lipinski definition) is 3. The number of nitrogens with one attached hydrogen (secondary N) is 2. The van der Waals surface area contributed by atoms with Gasteiger partial charge in [-0.3, -0.25) is 9.59 Å². The molecule has 2 aliphatic rings. The van der Waals surface area contributed by atoms with Crippen LogP contribution in [0.15, 0.2) is 18.2 Å². The van der Waals surface area contributed by atoms with Gasteiger partial charge in [0.15, 0.2) is 0 Å². The Morgan fingerprint density at radius 1 is 1.14 bits per heavy atom. The standard InChI is InChI=1S/C28H42F2N2O3/c1-16(26(35)31-15-18-11-19(29)13-20(30)12-18)21-7-9-28(6)10-8-22(17(2)24(28)25(21)34)32-23(33)14-27(3,4)5/h11-13,16-17,21-22,24-25,34H,7-10,14-15H2,1-6H3,(H,31,35)(H,32,33)/t16-,17-,21+,22-,24+,25-,28+/m0/s1. The number of benzene rings is 1. The van der Waals surface area contributed by atoms with Crippen LogP contribution in [-0.2, 0) is 16.1 Å². The van der Waals surface area contributed by atoms with Crippen molar-refractivity contribution in [1.82, 2.24) is 10.6 Å². The maximum absolute atomic E-state index is 13.5. The fourth-order valence-electron chi connectivity index (χ4n) is 6.49. The zero-order valence-electron chi connectivity index (χ0n) is 22.0. The molecule has 0 spiro atoms. The van der Waals surface area contributed by atoms with E-state index in [0.717, 1.165) is 31.7 Å². The van der Waals surface area contributed by atoms with Crippen LogP contribution in [0.4, 0.5) is 8.78 Å². The molecule has 196 valence electrons. The number of carbonyl (C=O) groups excluding carboxylic acids is 2. The van der Waals surface area contributed by atoms with Gasteiger partial charge in [0, 0.05) is 31.0 Å². The van der Waals surface area contributed by atoms with E-state index in [-0.39, 0.29) is 53.0 Å². The van der Waals surface area contributed by atoms with Gasteiger partial charge in [-0.15, -0.1) is 0 Å². The van der Waals surface area contributed by atoms with Crippen molar-refractivity contribution < 1.29 is 23.5 Å². The normalized spacial score (nSPS) is 31.9. The van der Waals surface area contributed by atoms with Crippen molar-refractivity contribution in [3.63, 3.8) is 0 Å². The molecule has 0 aromatic heterocycles. The Balaban J connectivity index is 1.66. The zero-order valence-corrected chi connectivity index (χ0v) is 22.0. The van der Waals surface area contributed by atoms with Gasteiger partial charge in [-0.25, -0.2) is 8.78 Å². The van der Waals surface area contributed by atoms with E-state index in [2.05, 4.69) is 24.5 Å². The second-order valence-electron chi connectivity index (χ2n) is 12.5. The zero-order chi connectivity index (χ0) is 26.1. The molecule has 0 unspecified atom stereocenters. The Hall–Kier alpha value is -2.02. The van der Waals surface area contributed by atoms with Crippen molar-refractivity contribution in [2.24, 2.45) is 34.5 Å². The number of amides is 2. The molecule has 0 bridgehead atoms. The number of rotatable bonds is 6. The molecule has 0 aliphatic heterocycles. The molecule has 1 aromatic rings. The SMILES string of the molecule is C[C@@H]1[C@@H]2[C@@H](O)[C@@H]([C@H](C)C(=O)NCc3cc(F)cc(F)c3)CC[C@]2(C)CC[C@@H]1NC(=O)CC(C)(C)C. The van der Waals surface area contributed by atoms with Gasteiger partial charge in [-0.1, -0.05) is 41.5 Å². The lowest BCUT2D eigenvalue weighted by Gasteiger charge is -2.56. The molecule has 5 nitrogen and oxygen atoms in total. The fraction of sp³-hybridized carbons (Fsp3) is 0.714. The third-order valence-electron chi connectivity index (χ3n) is 8.37. The highest BCUT2D eigenvalue weighted by Gasteiger charge is 2.53. The van der Waals surface area contributed by atoms with E-state index in [4.69, 9.17) is 0 Å². The second kappa shape index (κ2) is 10.5. The molecule has 3 rings (SSSR count). The van der Waals surface area contributed by atoms with E-state index >= 15 is 0 Å². The minimum Gasteiger partial charge on any atom is -0.392 e. The first-order valence-electron chi connectivity index (χ1n) is 12.9. The largest absolute Gasteiger partial charge is 0.392 e. The number of halogens is 2. The predicted octanol–water partition coefficient (Wildman–Crippen LogP) is 4.96. The number of carbonyl (C=O) groups is 2. The fourth-order valence-corrected chi connectivity index (χ4v) is 6.49. The first-order chi connectivity index (χ1) is 16.2. The Morgan fingerprint density at radius 2 is 1.74 bits per heavy atom. The number of hydrogen-bond donors (Lipinski definition) is 3. The molecule has 7 atom stereocenters. The summed E-state index contributed by atoms with van der Waals surface area (Å²) in [6, 6.07) is 3.20. The molecule has 0 heterocycles. The summed E-state index contributed by atoms with van der Waals surface area (Å²) in [6.45, 7) is 12.3. The molecule has 35 heavy (non-hydrogen) atoms. The summed E-state index contributed by atoms with van der Waals surface area (Å²) in [7, 11) is 0. The summed E-state index contributed by atoms with van der Waals surface area (Å²) >= 11 is 0. The topological polar surface area (TPSA) is 78.4 Å². The molecule has 2 saturated carbocycles. The van der Waals surface area contributed by atoms with Crippen LogP contribution < -0.4 is 10.6 Å². The van der Waals surface area contributed by atoms with Gasteiger partial charge in [-0.2, -0.15) is 0 Å². The van der Waals surface area contributed by atoms with Crippen LogP contribution in [0.2, 0.25) is 0 Å². The maximum Gasteiger partial charge on any atom is 0.223 e. The predicted molar refractivity (Wildman–Crippen MR) is 132 cm³/mol. The summed E-state index contributed by atoms with van der Waals surface area (Å²) in [6.07, 6.45) is 3.26. The van der Waals surface area contributed by atoms with Crippen LogP contribution in [0.5, 0.6) is 0 Å². The third kappa shape index (κ3) is 6.60. The Bertz CT molecular complexity index is 911. The van der Waals surface area contributed by atoms with Crippen LogP contribution in [0, 0.1) is 46.1 Å². The molecule has 7 heteroatoms. The third-order valence-corrected chi connectivity index (χ3v) is 8.37. The van der Waals surface area contributed by atoms with Crippen LogP contribution in [0.1, 0.15) is 79.2 Å². The first-order valence-corrected chi connectivity index (χ1v) is 12.9. The first kappa shape index (κ1) is 27.6. The number of fused-ring (bicyclic) bond motifs is 1. The number of aliphatic hydroxyl groups is 1. The lowest BCUT2D eigenvalue weighted by molar-refractivity contribution is -0.144. The molecule has 2 aliphatic carbocycles. The van der Waals surface area contributed by atoms with E-state index in [1.54, 1.807) is 0 Å². The molecule has 0 radical (unpaired) electrons. The quantitative estimate of drug-likeness (QED) is 0.525. The van der Waals surface area contributed by atoms with Crippen molar-refractivity contribution in [3.8, 4) is 0 Å². The second-order valence-corrected chi connectivity index (χ2v) is 12.5. The summed E-state index contributed by atoms with van der Waals surface area (Å²) < 4.78 is 26.9. The summed E-state index contributed by atoms with van der Waals surface area (Å²) in [5.74, 6) is -2.16. The van der Waals surface area contributed by atoms with E-state index < -0.39 is 23.7 Å². The van der Waals surface area contributed by atoms with Crippen molar-refractivity contribution in [3.05, 3.63) is 35.4 Å². The van der Waals surface area contributed by atoms with Gasteiger partial charge in [0.1, 0.15) is 11.6 Å². The van der Waals surface area contributed by atoms with Gasteiger partial charge in [0.25, 0.3) is 0 Å². The van der Waals surface area contributed by atoms with E-state index in [9.17, 15) is 23.5 Å². The average Bonchev–Trinajstić information content (AvgIpc) is 2.72. The van der Waals surface area contributed by atoms with Crippen molar-refractivity contribution in [1.29, 1.82) is 0 Å². The van der Waals surface area contributed by atoms with Crippen molar-refractivity contribution in [2.75, 3.05) is 0 Å². The number of aliphatic hydroxyl groups excluding tert-OH is 1. The molecule has 0 saturated heterocycles. The monoisotopic (exact) mass is 492 g/mol.